The van der Waals surface area contributed by atoms with Gasteiger partial charge in [-0.15, -0.1) is 0 Å². The van der Waals surface area contributed by atoms with Crippen LogP contribution in [0, 0.1) is 17.8 Å². The van der Waals surface area contributed by atoms with Crippen LogP contribution in [-0.4, -0.2) is 106 Å². The summed E-state index contributed by atoms with van der Waals surface area (Å²) in [7, 11) is 2.50. The van der Waals surface area contributed by atoms with Crippen LogP contribution in [0.15, 0.2) is 48.7 Å². The first kappa shape index (κ1) is 44.3. The Bertz CT molecular complexity index is 2580. The number of methoxy groups -OCH3 is 2. The van der Waals surface area contributed by atoms with Crippen LogP contribution in [-0.2, 0) is 30.4 Å². The van der Waals surface area contributed by atoms with Crippen LogP contribution < -0.4 is 15.4 Å². The quantitative estimate of drug-likeness (QED) is 0.0970. The number of nitrogens with zero attached hydrogens (tertiary/aromatic N) is 4. The van der Waals surface area contributed by atoms with Crippen molar-refractivity contribution in [3.05, 3.63) is 65.9 Å². The fourth-order valence-corrected chi connectivity index (χ4v) is 9.40. The molecular formula is C46H54F2N8O8. The van der Waals surface area contributed by atoms with Crippen molar-refractivity contribution in [3.63, 3.8) is 0 Å². The maximum absolute atomic E-state index is 14.0. The molecule has 0 saturated carbocycles. The van der Waals surface area contributed by atoms with Gasteiger partial charge in [-0.1, -0.05) is 39.8 Å². The molecule has 0 radical (unpaired) electrons. The SMILES string of the molecule is COC(=O)N[C@H](C(=O)N1C[C@@H](COC(F)F)CC1c1nc2ccc3cc4c(cc3c2[nH]1)COc1cc(-c2cnc([C@@H]3CC[C@H](C)N3C(=O)[C@@H](NC(=O)OC)C(C)C)[nH]2)ccc1-4)C(C)C. The minimum atomic E-state index is -2.95. The monoisotopic (exact) mass is 884 g/mol. The number of alkyl halides is 2. The molecule has 0 spiro atoms. The number of carbonyl (C=O) groups excluding carboxylic acids is 4. The van der Waals surface area contributed by atoms with Crippen LogP contribution in [0.1, 0.15) is 83.2 Å². The summed E-state index contributed by atoms with van der Waals surface area (Å²) in [6.07, 6.45) is 2.21. The Morgan fingerprint density at radius 1 is 0.875 bits per heavy atom. The lowest BCUT2D eigenvalue weighted by atomic mass is 9.92. The van der Waals surface area contributed by atoms with Crippen LogP contribution >= 0.6 is 0 Å². The predicted octanol–water partition coefficient (Wildman–Crippen LogP) is 7.61. The number of carbonyl (C=O) groups is 4. The van der Waals surface area contributed by atoms with E-state index < -0.39 is 42.8 Å². The summed E-state index contributed by atoms with van der Waals surface area (Å²) < 4.78 is 46.8. The van der Waals surface area contributed by atoms with Gasteiger partial charge in [-0.3, -0.25) is 9.59 Å². The topological polar surface area (TPSA) is 193 Å². The maximum Gasteiger partial charge on any atom is 0.407 e. The zero-order valence-corrected chi connectivity index (χ0v) is 36.9. The smallest absolute Gasteiger partial charge is 0.407 e. The molecule has 3 aromatic carbocycles. The second-order valence-electron chi connectivity index (χ2n) is 17.6. The number of likely N-dealkylation sites (tertiary alicyclic amines) is 2. The number of aromatic nitrogens is 4. The van der Waals surface area contributed by atoms with Crippen molar-refractivity contribution in [2.45, 2.75) is 97.3 Å². The van der Waals surface area contributed by atoms with Crippen LogP contribution in [0.25, 0.3) is 44.2 Å². The zero-order chi connectivity index (χ0) is 45.6. The minimum Gasteiger partial charge on any atom is -0.488 e. The second-order valence-corrected chi connectivity index (χ2v) is 17.6. The van der Waals surface area contributed by atoms with E-state index in [0.717, 1.165) is 57.1 Å². The van der Waals surface area contributed by atoms with E-state index in [0.29, 0.717) is 35.9 Å². The van der Waals surface area contributed by atoms with Crippen molar-refractivity contribution in [1.82, 2.24) is 40.4 Å². The molecule has 5 aromatic rings. The van der Waals surface area contributed by atoms with Gasteiger partial charge in [0.1, 0.15) is 36.1 Å². The largest absolute Gasteiger partial charge is 0.488 e. The zero-order valence-electron chi connectivity index (χ0n) is 36.9. The lowest BCUT2D eigenvalue weighted by Gasteiger charge is -2.32. The number of fused-ring (bicyclic) bond motifs is 6. The Morgan fingerprint density at radius 2 is 1.59 bits per heavy atom. The molecule has 4 amide bonds. The van der Waals surface area contributed by atoms with Gasteiger partial charge in [0, 0.05) is 35.0 Å². The number of alkyl carbamates (subject to hydrolysis) is 2. The van der Waals surface area contributed by atoms with Gasteiger partial charge < -0.3 is 49.3 Å². The highest BCUT2D eigenvalue weighted by atomic mass is 19.3. The Hall–Kier alpha value is -6.30. The van der Waals surface area contributed by atoms with E-state index in [2.05, 4.69) is 37.5 Å². The first-order valence-electron chi connectivity index (χ1n) is 21.6. The number of benzene rings is 3. The Labute approximate surface area is 368 Å². The molecule has 2 saturated heterocycles. The number of halogens is 2. The van der Waals surface area contributed by atoms with Crippen LogP contribution in [0.4, 0.5) is 18.4 Å². The van der Waals surface area contributed by atoms with E-state index in [4.69, 9.17) is 24.2 Å². The Balaban J connectivity index is 1.05. The summed E-state index contributed by atoms with van der Waals surface area (Å²) in [5.41, 5.74) is 5.99. The van der Waals surface area contributed by atoms with Crippen molar-refractivity contribution < 1.29 is 46.9 Å². The molecule has 4 N–H and O–H groups in total. The van der Waals surface area contributed by atoms with Crippen LogP contribution in [0.2, 0.25) is 0 Å². The molecule has 6 atom stereocenters. The normalized spacial score (nSPS) is 20.4. The third-order valence-electron chi connectivity index (χ3n) is 12.7. The minimum absolute atomic E-state index is 0.0455. The number of aromatic amines is 2. The van der Waals surface area contributed by atoms with Gasteiger partial charge in [-0.25, -0.2) is 19.6 Å². The standard InChI is InChI=1S/C46H54F2N8O8/c1-22(2)37(53-45(59)61-6)42(57)55-19-25(20-64-44(47)48)14-35(55)41-50-32-12-10-26-15-30-28(16-31(26)39(32)52-41)21-63-36-17-27(9-11-29(30)36)33-18-49-40(51-33)34-13-8-24(5)56(34)43(58)38(23(3)4)54-46(60)62-7/h9-12,15-18,22-25,34-35,37-38,44H,8,13-14,19-21H2,1-7H3,(H,49,51)(H,50,52)(H,53,59)(H,54,60)/t24-,25-,34-,35?,37-,38-/m0/s1. The average Bonchev–Trinajstić information content (AvgIpc) is 4.10. The van der Waals surface area contributed by atoms with E-state index in [9.17, 15) is 28.0 Å². The molecule has 3 aliphatic heterocycles. The third kappa shape index (κ3) is 8.54. The molecule has 1 unspecified atom stereocenters. The van der Waals surface area contributed by atoms with E-state index in [1.165, 1.54) is 14.2 Å². The number of H-pyrrole nitrogens is 2. The first-order valence-corrected chi connectivity index (χ1v) is 21.6. The highest BCUT2D eigenvalue weighted by molar-refractivity contribution is 6.06. The van der Waals surface area contributed by atoms with E-state index >= 15 is 0 Å². The molecule has 16 nitrogen and oxygen atoms in total. The Morgan fingerprint density at radius 3 is 2.28 bits per heavy atom. The van der Waals surface area contributed by atoms with Gasteiger partial charge in [-0.05, 0) is 84.9 Å². The molecule has 18 heteroatoms. The summed E-state index contributed by atoms with van der Waals surface area (Å²) in [4.78, 5) is 72.2. The van der Waals surface area contributed by atoms with E-state index in [1.54, 1.807) is 24.9 Å². The molecule has 8 rings (SSSR count). The van der Waals surface area contributed by atoms with Gasteiger partial charge in [0.05, 0.1) is 55.8 Å². The first-order chi connectivity index (χ1) is 30.6. The van der Waals surface area contributed by atoms with Crippen molar-refractivity contribution in [2.24, 2.45) is 17.8 Å². The third-order valence-corrected chi connectivity index (χ3v) is 12.7. The van der Waals surface area contributed by atoms with Crippen LogP contribution in [0.5, 0.6) is 5.75 Å². The molecule has 64 heavy (non-hydrogen) atoms. The number of amides is 4. The van der Waals surface area contributed by atoms with Crippen molar-refractivity contribution in [3.8, 4) is 28.1 Å². The van der Waals surface area contributed by atoms with Crippen molar-refractivity contribution >= 4 is 45.8 Å². The summed E-state index contributed by atoms with van der Waals surface area (Å²) in [6.45, 7) is 6.65. The van der Waals surface area contributed by atoms with Crippen LogP contribution in [0.3, 0.4) is 0 Å². The molecular weight excluding hydrogens is 831 g/mol. The highest BCUT2D eigenvalue weighted by Crippen LogP contribution is 2.44. The fraction of sp³-hybridized carbons (Fsp3) is 0.478. The van der Waals surface area contributed by atoms with Gasteiger partial charge in [0.2, 0.25) is 11.8 Å². The molecule has 340 valence electrons. The van der Waals surface area contributed by atoms with Gasteiger partial charge in [0.15, 0.2) is 0 Å². The number of ether oxygens (including phenoxy) is 4. The molecule has 2 fully saturated rings. The Kier molecular flexibility index (Phi) is 12.5. The highest BCUT2D eigenvalue weighted by Gasteiger charge is 2.43. The number of imidazole rings is 2. The van der Waals surface area contributed by atoms with Crippen molar-refractivity contribution in [1.29, 1.82) is 0 Å². The van der Waals surface area contributed by atoms with Gasteiger partial charge in [-0.2, -0.15) is 8.78 Å². The molecule has 2 aromatic heterocycles. The molecule has 0 aliphatic carbocycles. The van der Waals surface area contributed by atoms with Crippen molar-refractivity contribution in [2.75, 3.05) is 27.4 Å². The molecule has 0 bridgehead atoms. The van der Waals surface area contributed by atoms with E-state index in [-0.39, 0.29) is 48.9 Å². The molecule has 5 heterocycles. The summed E-state index contributed by atoms with van der Waals surface area (Å²) in [5, 5.41) is 7.19. The maximum atomic E-state index is 14.0. The summed E-state index contributed by atoms with van der Waals surface area (Å²) in [5.74, 6) is 0.499. The lowest BCUT2D eigenvalue weighted by molar-refractivity contribution is -0.139. The average molecular weight is 885 g/mol. The number of rotatable bonds is 12. The van der Waals surface area contributed by atoms with E-state index in [1.807, 2.05) is 56.0 Å². The summed E-state index contributed by atoms with van der Waals surface area (Å²) >= 11 is 0. The lowest BCUT2D eigenvalue weighted by Crippen LogP contribution is -2.52. The number of hydrogen-bond acceptors (Lipinski definition) is 10. The van der Waals surface area contributed by atoms with Gasteiger partial charge >= 0.3 is 18.8 Å². The predicted molar refractivity (Wildman–Crippen MR) is 232 cm³/mol. The number of nitrogens with one attached hydrogen (secondary N) is 4. The van der Waals surface area contributed by atoms with Gasteiger partial charge in [0.25, 0.3) is 0 Å². The molecule has 3 aliphatic rings. The second kappa shape index (κ2) is 18.1. The fourth-order valence-electron chi connectivity index (χ4n) is 9.40. The number of hydrogen-bond donors (Lipinski definition) is 4. The summed E-state index contributed by atoms with van der Waals surface area (Å²) in [6, 6.07) is 11.6.